The van der Waals surface area contributed by atoms with Crippen LogP contribution in [0.2, 0.25) is 10.0 Å². The highest BCUT2D eigenvalue weighted by atomic mass is 35.5. The zero-order valence-corrected chi connectivity index (χ0v) is 22.8. The Kier molecular flexibility index (Phi) is 8.87. The van der Waals surface area contributed by atoms with Crippen LogP contribution in [0.4, 0.5) is 0 Å². The Hall–Kier alpha value is -2.20. The first-order chi connectivity index (χ1) is 17.3. The summed E-state index contributed by atoms with van der Waals surface area (Å²) in [6, 6.07) is 15.9. The maximum absolute atomic E-state index is 13.7. The Morgan fingerprint density at radius 1 is 1.17 bits per heavy atom. The van der Waals surface area contributed by atoms with Crippen LogP contribution in [-0.4, -0.2) is 56.9 Å². The van der Waals surface area contributed by atoms with Crippen molar-refractivity contribution in [3.05, 3.63) is 97.0 Å². The van der Waals surface area contributed by atoms with Gasteiger partial charge in [0.15, 0.2) is 0 Å². The summed E-state index contributed by atoms with van der Waals surface area (Å²) in [5, 5.41) is 4.09. The summed E-state index contributed by atoms with van der Waals surface area (Å²) >= 11 is 14.3. The molecule has 1 unspecified atom stereocenters. The average Bonchev–Trinajstić information content (AvgIpc) is 3.34. The van der Waals surface area contributed by atoms with Crippen LogP contribution in [0.3, 0.4) is 0 Å². The fraction of sp³-hybridized carbons (Fsp3) is 0.269. The Labute approximate surface area is 225 Å². The van der Waals surface area contributed by atoms with Gasteiger partial charge in [-0.25, -0.2) is 8.42 Å². The molecular formula is C26H26Cl2N2O4S2. The molecule has 0 saturated heterocycles. The topological polar surface area (TPSA) is 66.9 Å². The van der Waals surface area contributed by atoms with Crippen LogP contribution >= 0.6 is 34.5 Å². The number of hydrogen-bond donors (Lipinski definition) is 0. The standard InChI is InChI=1S/C26H26Cl2N2O4S2/c1-34-14-13-29(36(32,33)16-11-19-5-3-2-4-6-19)18-25(31)30-12-9-24-22(10-15-35-24)26(30)21-8-7-20(27)17-23(21)28/h2-8,10-11,15-17,26H,9,12-14,18H2,1H3. The predicted octanol–water partition coefficient (Wildman–Crippen LogP) is 5.48. The van der Waals surface area contributed by atoms with E-state index in [-0.39, 0.29) is 25.6 Å². The second kappa shape index (κ2) is 11.9. The number of carbonyl (C=O) groups excluding carboxylic acids is 1. The van der Waals surface area contributed by atoms with Crippen LogP contribution in [0.5, 0.6) is 0 Å². The number of halogens is 2. The Morgan fingerprint density at radius 2 is 1.94 bits per heavy atom. The van der Waals surface area contributed by atoms with Gasteiger partial charge in [-0.2, -0.15) is 4.31 Å². The van der Waals surface area contributed by atoms with E-state index in [4.69, 9.17) is 27.9 Å². The van der Waals surface area contributed by atoms with E-state index in [2.05, 4.69) is 0 Å². The van der Waals surface area contributed by atoms with Crippen LogP contribution < -0.4 is 0 Å². The van der Waals surface area contributed by atoms with Gasteiger partial charge in [0.05, 0.1) is 19.2 Å². The van der Waals surface area contributed by atoms with E-state index in [9.17, 15) is 13.2 Å². The highest BCUT2D eigenvalue weighted by Crippen LogP contribution is 2.41. The number of sulfonamides is 1. The van der Waals surface area contributed by atoms with Crippen molar-refractivity contribution in [2.75, 3.05) is 33.4 Å². The van der Waals surface area contributed by atoms with Crippen LogP contribution in [0.25, 0.3) is 6.08 Å². The van der Waals surface area contributed by atoms with E-state index >= 15 is 0 Å². The number of thiophene rings is 1. The number of benzene rings is 2. The molecule has 2 aromatic carbocycles. The third-order valence-corrected chi connectivity index (χ3v) is 9.06. The molecule has 1 aliphatic heterocycles. The molecule has 190 valence electrons. The lowest BCUT2D eigenvalue weighted by molar-refractivity contribution is -0.133. The number of hydrogen-bond acceptors (Lipinski definition) is 5. The maximum Gasteiger partial charge on any atom is 0.238 e. The van der Waals surface area contributed by atoms with Crippen molar-refractivity contribution >= 4 is 56.5 Å². The number of carbonyl (C=O) groups is 1. The molecule has 4 rings (SSSR count). The Balaban J connectivity index is 1.63. The van der Waals surface area contributed by atoms with Gasteiger partial charge in [-0.05, 0) is 52.8 Å². The first kappa shape index (κ1) is 26.9. The minimum atomic E-state index is -3.89. The molecule has 1 aromatic heterocycles. The minimum absolute atomic E-state index is 0.0492. The summed E-state index contributed by atoms with van der Waals surface area (Å²) in [6.07, 6.45) is 2.22. The Morgan fingerprint density at radius 3 is 2.67 bits per heavy atom. The largest absolute Gasteiger partial charge is 0.383 e. The number of methoxy groups -OCH3 is 1. The molecule has 0 radical (unpaired) electrons. The first-order valence-electron chi connectivity index (χ1n) is 11.3. The Bertz CT molecular complexity index is 1340. The van der Waals surface area contributed by atoms with Gasteiger partial charge in [-0.3, -0.25) is 4.79 Å². The molecule has 6 nitrogen and oxygen atoms in total. The zero-order valence-electron chi connectivity index (χ0n) is 19.6. The molecule has 10 heteroatoms. The molecule has 36 heavy (non-hydrogen) atoms. The summed E-state index contributed by atoms with van der Waals surface area (Å²) in [6.45, 7) is 0.348. The number of fused-ring (bicyclic) bond motifs is 1. The fourth-order valence-corrected chi connectivity index (χ4v) is 6.73. The van der Waals surface area contributed by atoms with Gasteiger partial charge in [0.25, 0.3) is 0 Å². The van der Waals surface area contributed by atoms with Crippen molar-refractivity contribution in [1.29, 1.82) is 0 Å². The number of nitrogens with zero attached hydrogens (tertiary/aromatic N) is 2. The average molecular weight is 566 g/mol. The highest BCUT2D eigenvalue weighted by Gasteiger charge is 2.35. The molecular weight excluding hydrogens is 539 g/mol. The summed E-state index contributed by atoms with van der Waals surface area (Å²) in [5.74, 6) is -0.310. The van der Waals surface area contributed by atoms with E-state index in [1.165, 1.54) is 18.1 Å². The predicted molar refractivity (Wildman–Crippen MR) is 146 cm³/mol. The lowest BCUT2D eigenvalue weighted by Crippen LogP contribution is -2.47. The van der Waals surface area contributed by atoms with Gasteiger partial charge in [0.1, 0.15) is 0 Å². The van der Waals surface area contributed by atoms with Crippen molar-refractivity contribution in [2.45, 2.75) is 12.5 Å². The quantitative estimate of drug-likeness (QED) is 0.345. The van der Waals surface area contributed by atoms with Crippen molar-refractivity contribution in [1.82, 2.24) is 9.21 Å². The minimum Gasteiger partial charge on any atom is -0.383 e. The molecule has 0 fully saturated rings. The summed E-state index contributed by atoms with van der Waals surface area (Å²) < 4.78 is 32.7. The molecule has 2 heterocycles. The van der Waals surface area contributed by atoms with Crippen molar-refractivity contribution in [2.24, 2.45) is 0 Å². The third-order valence-electron chi connectivity index (χ3n) is 5.99. The summed E-state index contributed by atoms with van der Waals surface area (Å²) in [5.41, 5.74) is 2.50. The van der Waals surface area contributed by atoms with E-state index < -0.39 is 16.1 Å². The van der Waals surface area contributed by atoms with E-state index in [0.29, 0.717) is 23.0 Å². The number of rotatable bonds is 9. The van der Waals surface area contributed by atoms with E-state index in [1.54, 1.807) is 28.4 Å². The molecule has 0 saturated carbocycles. The second-order valence-electron chi connectivity index (χ2n) is 8.29. The normalized spacial score (nSPS) is 16.0. The monoisotopic (exact) mass is 564 g/mol. The van der Waals surface area contributed by atoms with Crippen LogP contribution in [0.15, 0.2) is 65.4 Å². The number of amides is 1. The van der Waals surface area contributed by atoms with Gasteiger partial charge in [-0.15, -0.1) is 11.3 Å². The smallest absolute Gasteiger partial charge is 0.238 e. The van der Waals surface area contributed by atoms with E-state index in [0.717, 1.165) is 26.4 Å². The summed E-state index contributed by atoms with van der Waals surface area (Å²) in [7, 11) is -2.39. The van der Waals surface area contributed by atoms with E-state index in [1.807, 2.05) is 47.8 Å². The van der Waals surface area contributed by atoms with Gasteiger partial charge in [-0.1, -0.05) is 59.6 Å². The van der Waals surface area contributed by atoms with Gasteiger partial charge < -0.3 is 9.64 Å². The van der Waals surface area contributed by atoms with Crippen LogP contribution in [-0.2, 0) is 26.0 Å². The fourth-order valence-electron chi connectivity index (χ4n) is 4.19. The third kappa shape index (κ3) is 6.19. The summed E-state index contributed by atoms with van der Waals surface area (Å²) in [4.78, 5) is 16.6. The molecule has 1 atom stereocenters. The second-order valence-corrected chi connectivity index (χ2v) is 12.0. The SMILES string of the molecule is COCCN(CC(=O)N1CCc2sccc2C1c1ccc(Cl)cc1Cl)S(=O)(=O)C=Cc1ccccc1. The van der Waals surface area contributed by atoms with Crippen LogP contribution in [0, 0.1) is 0 Å². The lowest BCUT2D eigenvalue weighted by Gasteiger charge is -2.37. The molecule has 1 aliphatic rings. The molecule has 0 spiro atoms. The van der Waals surface area contributed by atoms with Gasteiger partial charge in [0, 0.05) is 40.5 Å². The van der Waals surface area contributed by atoms with Crippen molar-refractivity contribution < 1.29 is 17.9 Å². The van der Waals surface area contributed by atoms with Crippen molar-refractivity contribution in [3.63, 3.8) is 0 Å². The van der Waals surface area contributed by atoms with Crippen molar-refractivity contribution in [3.8, 4) is 0 Å². The van der Waals surface area contributed by atoms with Crippen LogP contribution in [0.1, 0.15) is 27.6 Å². The van der Waals surface area contributed by atoms with Gasteiger partial charge >= 0.3 is 0 Å². The molecule has 0 aliphatic carbocycles. The molecule has 1 amide bonds. The lowest BCUT2D eigenvalue weighted by atomic mass is 9.93. The highest BCUT2D eigenvalue weighted by molar-refractivity contribution is 7.92. The van der Waals surface area contributed by atoms with Gasteiger partial charge in [0.2, 0.25) is 15.9 Å². The molecule has 3 aromatic rings. The zero-order chi connectivity index (χ0) is 25.7. The maximum atomic E-state index is 13.7. The molecule has 0 N–H and O–H groups in total. The molecule has 0 bridgehead atoms. The number of ether oxygens (including phenoxy) is 1. The first-order valence-corrected chi connectivity index (χ1v) is 14.5.